The average molecular weight is 239 g/mol. The number of aliphatic hydroxyl groups is 1. The third-order valence-electron chi connectivity index (χ3n) is 2.72. The number of nitrogens with zero attached hydrogens (tertiary/aromatic N) is 2. The van der Waals surface area contributed by atoms with E-state index in [0.29, 0.717) is 13.1 Å². The van der Waals surface area contributed by atoms with Gasteiger partial charge in [0.1, 0.15) is 0 Å². The van der Waals surface area contributed by atoms with E-state index >= 15 is 0 Å². The molecule has 0 bridgehead atoms. The molecule has 0 saturated carbocycles. The Morgan fingerprint density at radius 3 is 3.12 bits per heavy atom. The molecule has 2 heterocycles. The minimum absolute atomic E-state index is 0.592. The zero-order valence-corrected chi connectivity index (χ0v) is 10.4. The Bertz CT molecular complexity index is 432. The quantitative estimate of drug-likeness (QED) is 0.834. The molecule has 88 valence electrons. The van der Waals surface area contributed by atoms with Crippen LogP contribution >= 0.6 is 11.3 Å². The largest absolute Gasteiger partial charge is 0.389 e. The molecule has 2 aromatic heterocycles. The third-order valence-corrected chi connectivity index (χ3v) is 3.49. The maximum Gasteiger partial charge on any atom is 0.193 e. The van der Waals surface area contributed by atoms with Gasteiger partial charge in [-0.3, -0.25) is 4.40 Å². The minimum atomic E-state index is -0.628. The number of imidazole rings is 1. The first kappa shape index (κ1) is 11.6. The average Bonchev–Trinajstić information content (AvgIpc) is 2.77. The van der Waals surface area contributed by atoms with Gasteiger partial charge in [0.05, 0.1) is 11.3 Å². The molecule has 5 heteroatoms. The molecular weight excluding hydrogens is 222 g/mol. The number of hydrogen-bond acceptors (Lipinski definition) is 4. The van der Waals surface area contributed by atoms with Crippen LogP contribution in [0.15, 0.2) is 17.8 Å². The summed E-state index contributed by atoms with van der Waals surface area (Å²) in [6, 6.07) is 0. The van der Waals surface area contributed by atoms with Crippen LogP contribution < -0.4 is 5.32 Å². The molecule has 16 heavy (non-hydrogen) atoms. The zero-order valence-electron chi connectivity index (χ0n) is 9.60. The van der Waals surface area contributed by atoms with E-state index in [1.807, 2.05) is 36.0 Å². The highest BCUT2D eigenvalue weighted by atomic mass is 32.1. The Labute approximate surface area is 98.9 Å². The molecule has 0 aliphatic heterocycles. The van der Waals surface area contributed by atoms with Crippen molar-refractivity contribution in [1.82, 2.24) is 14.7 Å². The lowest BCUT2D eigenvalue weighted by Gasteiger charge is -2.21. The molecule has 1 unspecified atom stereocenters. The topological polar surface area (TPSA) is 49.6 Å². The van der Waals surface area contributed by atoms with Gasteiger partial charge in [-0.2, -0.15) is 0 Å². The molecule has 0 amide bonds. The molecule has 0 aromatic carbocycles. The highest BCUT2D eigenvalue weighted by molar-refractivity contribution is 7.15. The second kappa shape index (κ2) is 4.53. The summed E-state index contributed by atoms with van der Waals surface area (Å²) in [4.78, 5) is 5.47. The second-order valence-electron chi connectivity index (χ2n) is 4.28. The van der Waals surface area contributed by atoms with Gasteiger partial charge in [-0.25, -0.2) is 4.98 Å². The van der Waals surface area contributed by atoms with Crippen LogP contribution in [0.2, 0.25) is 0 Å². The van der Waals surface area contributed by atoms with Gasteiger partial charge in [0.2, 0.25) is 0 Å². The maximum atomic E-state index is 9.81. The van der Waals surface area contributed by atoms with Crippen molar-refractivity contribution in [3.8, 4) is 0 Å². The number of aromatic nitrogens is 2. The van der Waals surface area contributed by atoms with Crippen molar-refractivity contribution < 1.29 is 5.11 Å². The summed E-state index contributed by atoms with van der Waals surface area (Å²) in [5.74, 6) is 0. The Morgan fingerprint density at radius 1 is 1.62 bits per heavy atom. The molecule has 2 N–H and O–H groups in total. The fourth-order valence-electron chi connectivity index (χ4n) is 1.45. The highest BCUT2D eigenvalue weighted by Gasteiger charge is 2.16. The summed E-state index contributed by atoms with van der Waals surface area (Å²) < 4.78 is 2.01. The van der Waals surface area contributed by atoms with E-state index in [1.165, 1.54) is 0 Å². The first-order valence-corrected chi connectivity index (χ1v) is 6.33. The van der Waals surface area contributed by atoms with Crippen LogP contribution in [0.25, 0.3) is 4.96 Å². The molecule has 0 saturated heterocycles. The van der Waals surface area contributed by atoms with Crippen LogP contribution in [-0.4, -0.2) is 26.6 Å². The van der Waals surface area contributed by atoms with E-state index in [-0.39, 0.29) is 0 Å². The van der Waals surface area contributed by atoms with Crippen molar-refractivity contribution in [3.05, 3.63) is 23.5 Å². The summed E-state index contributed by atoms with van der Waals surface area (Å²) in [5.41, 5.74) is 0.385. The molecule has 2 rings (SSSR count). The van der Waals surface area contributed by atoms with Crippen molar-refractivity contribution in [2.75, 3.05) is 6.54 Å². The highest BCUT2D eigenvalue weighted by Crippen LogP contribution is 2.11. The minimum Gasteiger partial charge on any atom is -0.389 e. The van der Waals surface area contributed by atoms with Crippen molar-refractivity contribution in [2.45, 2.75) is 32.4 Å². The lowest BCUT2D eigenvalue weighted by atomic mass is 10.0. The number of thiazole rings is 1. The number of hydrogen-bond donors (Lipinski definition) is 2. The van der Waals surface area contributed by atoms with E-state index in [9.17, 15) is 5.11 Å². The Hall–Kier alpha value is -0.910. The van der Waals surface area contributed by atoms with Crippen molar-refractivity contribution in [2.24, 2.45) is 0 Å². The molecule has 0 aliphatic carbocycles. The number of fused-ring (bicyclic) bond motifs is 1. The molecule has 1 atom stereocenters. The summed E-state index contributed by atoms with van der Waals surface area (Å²) >= 11 is 1.63. The predicted octanol–water partition coefficient (Wildman–Crippen LogP) is 1.65. The summed E-state index contributed by atoms with van der Waals surface area (Å²) in [7, 11) is 0. The monoisotopic (exact) mass is 239 g/mol. The van der Waals surface area contributed by atoms with E-state index < -0.39 is 5.60 Å². The van der Waals surface area contributed by atoms with Crippen molar-refractivity contribution in [3.63, 3.8) is 0 Å². The summed E-state index contributed by atoms with van der Waals surface area (Å²) in [6.45, 7) is 5.11. The molecule has 0 radical (unpaired) electrons. The maximum absolute atomic E-state index is 9.81. The van der Waals surface area contributed by atoms with Crippen LogP contribution in [0.4, 0.5) is 0 Å². The predicted molar refractivity (Wildman–Crippen MR) is 65.7 cm³/mol. The lowest BCUT2D eigenvalue weighted by molar-refractivity contribution is 0.0555. The van der Waals surface area contributed by atoms with Gasteiger partial charge >= 0.3 is 0 Å². The molecule has 4 nitrogen and oxygen atoms in total. The smallest absolute Gasteiger partial charge is 0.193 e. The van der Waals surface area contributed by atoms with E-state index in [1.54, 1.807) is 11.3 Å². The Balaban J connectivity index is 1.89. The summed E-state index contributed by atoms with van der Waals surface area (Å²) in [6.07, 6.45) is 4.76. The van der Waals surface area contributed by atoms with Crippen LogP contribution in [0.3, 0.4) is 0 Å². The number of rotatable bonds is 5. The fraction of sp³-hybridized carbons (Fsp3) is 0.545. The van der Waals surface area contributed by atoms with Crippen molar-refractivity contribution >= 4 is 16.3 Å². The van der Waals surface area contributed by atoms with Gasteiger partial charge in [0, 0.05) is 30.9 Å². The van der Waals surface area contributed by atoms with Crippen LogP contribution in [0.5, 0.6) is 0 Å². The third kappa shape index (κ3) is 2.61. The van der Waals surface area contributed by atoms with Gasteiger partial charge < -0.3 is 10.4 Å². The van der Waals surface area contributed by atoms with Gasteiger partial charge in [0.25, 0.3) is 0 Å². The Kier molecular flexibility index (Phi) is 3.28. The SMILES string of the molecule is CCC(C)(O)CNCc1cn2ccsc2n1. The van der Waals surface area contributed by atoms with E-state index in [4.69, 9.17) is 0 Å². The standard InChI is InChI=1S/C11H17N3OS/c1-3-11(2,15)8-12-6-9-7-14-4-5-16-10(14)13-9/h4-5,7,12,15H,3,6,8H2,1-2H3. The van der Waals surface area contributed by atoms with Crippen LogP contribution in [-0.2, 0) is 6.54 Å². The van der Waals surface area contributed by atoms with Crippen LogP contribution in [0.1, 0.15) is 26.0 Å². The van der Waals surface area contributed by atoms with Gasteiger partial charge in [0.15, 0.2) is 4.96 Å². The second-order valence-corrected chi connectivity index (χ2v) is 5.15. The number of nitrogens with one attached hydrogen (secondary N) is 1. The molecule has 2 aromatic rings. The van der Waals surface area contributed by atoms with E-state index in [0.717, 1.165) is 17.1 Å². The van der Waals surface area contributed by atoms with Gasteiger partial charge in [-0.05, 0) is 13.3 Å². The molecular formula is C11H17N3OS. The molecule has 0 aliphatic rings. The normalized spacial score (nSPS) is 15.4. The van der Waals surface area contributed by atoms with Crippen LogP contribution in [0, 0.1) is 0 Å². The first-order valence-electron chi connectivity index (χ1n) is 5.45. The Morgan fingerprint density at radius 2 is 2.44 bits per heavy atom. The lowest BCUT2D eigenvalue weighted by Crippen LogP contribution is -2.36. The summed E-state index contributed by atoms with van der Waals surface area (Å²) in [5, 5.41) is 15.1. The first-order chi connectivity index (χ1) is 7.61. The van der Waals surface area contributed by atoms with E-state index in [2.05, 4.69) is 10.3 Å². The van der Waals surface area contributed by atoms with Gasteiger partial charge in [-0.1, -0.05) is 6.92 Å². The molecule has 0 spiro atoms. The molecule has 0 fully saturated rings. The van der Waals surface area contributed by atoms with Gasteiger partial charge in [-0.15, -0.1) is 11.3 Å². The zero-order chi connectivity index (χ0) is 11.6. The fourth-order valence-corrected chi connectivity index (χ4v) is 2.17. The van der Waals surface area contributed by atoms with Crippen molar-refractivity contribution in [1.29, 1.82) is 0 Å².